The van der Waals surface area contributed by atoms with Crippen molar-refractivity contribution < 1.29 is 13.2 Å². The molecule has 1 nitrogen and oxygen atoms in total. The molecule has 0 atom stereocenters. The first kappa shape index (κ1) is 16.0. The molecule has 0 aliphatic rings. The van der Waals surface area contributed by atoms with E-state index in [2.05, 4.69) is 5.32 Å². The molecule has 4 heteroatoms. The van der Waals surface area contributed by atoms with E-state index in [1.807, 2.05) is 20.8 Å². The summed E-state index contributed by atoms with van der Waals surface area (Å²) in [7, 11) is 0. The Kier molecular flexibility index (Phi) is 4.67. The lowest BCUT2D eigenvalue weighted by molar-refractivity contribution is 0.362. The Balaban J connectivity index is 2.88. The van der Waals surface area contributed by atoms with Crippen LogP contribution in [0.3, 0.4) is 0 Å². The monoisotopic (exact) mass is 273 g/mol. The van der Waals surface area contributed by atoms with E-state index in [0.29, 0.717) is 13.0 Å². The van der Waals surface area contributed by atoms with E-state index in [1.54, 1.807) is 13.8 Å². The Morgan fingerprint density at radius 3 is 1.84 bits per heavy atom. The molecule has 0 spiro atoms. The van der Waals surface area contributed by atoms with Crippen LogP contribution in [0, 0.1) is 17.5 Å². The average Bonchev–Trinajstić information content (AvgIpc) is 2.11. The molecule has 19 heavy (non-hydrogen) atoms. The van der Waals surface area contributed by atoms with Crippen molar-refractivity contribution in [2.75, 3.05) is 6.54 Å². The smallest absolute Gasteiger partial charge is 0.132 e. The number of halogens is 3. The standard InChI is InChI=1S/C15H22F3N/c1-14(2,3)19-7-6-15(4,5)13-11(17)8-10(16)9-12(13)18/h8-9,19H,6-7H2,1-5H3. The third-order valence-electron chi connectivity index (χ3n) is 3.09. The summed E-state index contributed by atoms with van der Waals surface area (Å²) < 4.78 is 40.4. The van der Waals surface area contributed by atoms with Crippen LogP contribution in [0.5, 0.6) is 0 Å². The highest BCUT2D eigenvalue weighted by atomic mass is 19.1. The van der Waals surface area contributed by atoms with Crippen molar-refractivity contribution in [3.05, 3.63) is 35.1 Å². The summed E-state index contributed by atoms with van der Waals surface area (Å²) in [5, 5.41) is 3.28. The van der Waals surface area contributed by atoms with E-state index in [0.717, 1.165) is 12.1 Å². The minimum atomic E-state index is -0.887. The first-order valence-electron chi connectivity index (χ1n) is 6.43. The molecule has 0 radical (unpaired) electrons. The van der Waals surface area contributed by atoms with Gasteiger partial charge in [-0.05, 0) is 39.2 Å². The Morgan fingerprint density at radius 2 is 1.42 bits per heavy atom. The normalized spacial score (nSPS) is 12.8. The maximum atomic E-state index is 13.8. The van der Waals surface area contributed by atoms with E-state index >= 15 is 0 Å². The molecule has 108 valence electrons. The van der Waals surface area contributed by atoms with Crippen LogP contribution in [0.25, 0.3) is 0 Å². The summed E-state index contributed by atoms with van der Waals surface area (Å²) in [6.45, 7) is 10.2. The fourth-order valence-electron chi connectivity index (χ4n) is 2.06. The summed E-state index contributed by atoms with van der Waals surface area (Å²) in [5.74, 6) is -2.53. The third-order valence-corrected chi connectivity index (χ3v) is 3.09. The lowest BCUT2D eigenvalue weighted by Gasteiger charge is -2.29. The molecule has 0 heterocycles. The molecule has 0 unspecified atom stereocenters. The van der Waals surface area contributed by atoms with E-state index in [-0.39, 0.29) is 11.1 Å². The Hall–Kier alpha value is -1.03. The summed E-state index contributed by atoms with van der Waals surface area (Å²) in [6.07, 6.45) is 0.559. The maximum Gasteiger partial charge on any atom is 0.132 e. The quantitative estimate of drug-likeness (QED) is 0.868. The summed E-state index contributed by atoms with van der Waals surface area (Å²) in [5.41, 5.74) is -0.791. The highest BCUT2D eigenvalue weighted by Crippen LogP contribution is 2.31. The SMILES string of the molecule is CC(C)(C)NCCC(C)(C)c1c(F)cc(F)cc1F. The fraction of sp³-hybridized carbons (Fsp3) is 0.600. The second-order valence-electron chi connectivity index (χ2n) is 6.56. The number of rotatable bonds is 4. The number of nitrogens with one attached hydrogen (secondary N) is 1. The molecule has 0 aliphatic heterocycles. The van der Waals surface area contributed by atoms with Gasteiger partial charge >= 0.3 is 0 Å². The number of hydrogen-bond donors (Lipinski definition) is 1. The fourth-order valence-corrected chi connectivity index (χ4v) is 2.06. The maximum absolute atomic E-state index is 13.8. The van der Waals surface area contributed by atoms with Gasteiger partial charge in [0.2, 0.25) is 0 Å². The average molecular weight is 273 g/mol. The molecule has 0 saturated carbocycles. The Labute approximate surface area is 113 Å². The van der Waals surface area contributed by atoms with Gasteiger partial charge in [0, 0.05) is 23.2 Å². The van der Waals surface area contributed by atoms with Crippen LogP contribution in [0.15, 0.2) is 12.1 Å². The summed E-state index contributed by atoms with van der Waals surface area (Å²) in [4.78, 5) is 0. The summed E-state index contributed by atoms with van der Waals surface area (Å²) in [6, 6.07) is 1.47. The Morgan fingerprint density at radius 1 is 0.947 bits per heavy atom. The van der Waals surface area contributed by atoms with Gasteiger partial charge in [-0.2, -0.15) is 0 Å². The van der Waals surface area contributed by atoms with Crippen LogP contribution in [-0.4, -0.2) is 12.1 Å². The highest BCUT2D eigenvalue weighted by Gasteiger charge is 2.28. The zero-order valence-electron chi connectivity index (χ0n) is 12.2. The zero-order valence-corrected chi connectivity index (χ0v) is 12.2. The highest BCUT2D eigenvalue weighted by molar-refractivity contribution is 5.28. The molecular formula is C15H22F3N. The zero-order chi connectivity index (χ0) is 14.8. The van der Waals surface area contributed by atoms with Gasteiger partial charge in [0.05, 0.1) is 0 Å². The van der Waals surface area contributed by atoms with Gasteiger partial charge in [0.25, 0.3) is 0 Å². The van der Waals surface area contributed by atoms with Crippen LogP contribution in [-0.2, 0) is 5.41 Å². The molecule has 1 N–H and O–H groups in total. The van der Waals surface area contributed by atoms with E-state index in [1.165, 1.54) is 0 Å². The van der Waals surface area contributed by atoms with Gasteiger partial charge in [-0.15, -0.1) is 0 Å². The molecule has 0 amide bonds. The molecule has 0 saturated heterocycles. The molecule has 0 aliphatic carbocycles. The van der Waals surface area contributed by atoms with Gasteiger partial charge < -0.3 is 5.32 Å². The number of hydrogen-bond acceptors (Lipinski definition) is 1. The van der Waals surface area contributed by atoms with Crippen LogP contribution >= 0.6 is 0 Å². The molecule has 1 aromatic carbocycles. The van der Waals surface area contributed by atoms with Crippen LogP contribution in [0.2, 0.25) is 0 Å². The van der Waals surface area contributed by atoms with E-state index < -0.39 is 22.9 Å². The minimum absolute atomic E-state index is 0.0457. The van der Waals surface area contributed by atoms with Crippen molar-refractivity contribution in [3.63, 3.8) is 0 Å². The second kappa shape index (κ2) is 5.53. The van der Waals surface area contributed by atoms with Crippen molar-refractivity contribution in [2.24, 2.45) is 0 Å². The van der Waals surface area contributed by atoms with E-state index in [4.69, 9.17) is 0 Å². The molecular weight excluding hydrogens is 251 g/mol. The Bertz CT molecular complexity index is 424. The lowest BCUT2D eigenvalue weighted by Crippen LogP contribution is -2.38. The van der Waals surface area contributed by atoms with Crippen molar-refractivity contribution in [1.29, 1.82) is 0 Å². The van der Waals surface area contributed by atoms with Crippen LogP contribution in [0.1, 0.15) is 46.6 Å². The first-order valence-corrected chi connectivity index (χ1v) is 6.43. The second-order valence-corrected chi connectivity index (χ2v) is 6.56. The van der Waals surface area contributed by atoms with Gasteiger partial charge in [-0.1, -0.05) is 13.8 Å². The van der Waals surface area contributed by atoms with Crippen molar-refractivity contribution in [2.45, 2.75) is 52.0 Å². The van der Waals surface area contributed by atoms with Crippen LogP contribution in [0.4, 0.5) is 13.2 Å². The van der Waals surface area contributed by atoms with Crippen molar-refractivity contribution >= 4 is 0 Å². The van der Waals surface area contributed by atoms with Gasteiger partial charge in [0.1, 0.15) is 17.5 Å². The number of benzene rings is 1. The van der Waals surface area contributed by atoms with E-state index in [9.17, 15) is 13.2 Å². The van der Waals surface area contributed by atoms with Crippen molar-refractivity contribution in [3.8, 4) is 0 Å². The first-order chi connectivity index (χ1) is 8.53. The van der Waals surface area contributed by atoms with Gasteiger partial charge in [-0.3, -0.25) is 0 Å². The predicted octanol–water partition coefficient (Wildman–Crippen LogP) is 4.16. The lowest BCUT2D eigenvalue weighted by atomic mass is 9.80. The minimum Gasteiger partial charge on any atom is -0.312 e. The van der Waals surface area contributed by atoms with Crippen LogP contribution < -0.4 is 5.32 Å². The predicted molar refractivity (Wildman–Crippen MR) is 71.7 cm³/mol. The summed E-state index contributed by atoms with van der Waals surface area (Å²) >= 11 is 0. The topological polar surface area (TPSA) is 12.0 Å². The molecule has 1 rings (SSSR count). The molecule has 0 bridgehead atoms. The third kappa shape index (κ3) is 4.53. The van der Waals surface area contributed by atoms with Crippen molar-refractivity contribution in [1.82, 2.24) is 5.32 Å². The molecule has 0 aromatic heterocycles. The van der Waals surface area contributed by atoms with Gasteiger partial charge in [-0.25, -0.2) is 13.2 Å². The van der Waals surface area contributed by atoms with Gasteiger partial charge in [0.15, 0.2) is 0 Å². The molecule has 1 aromatic rings. The molecule has 0 fully saturated rings. The largest absolute Gasteiger partial charge is 0.312 e.